The molecule has 0 spiro atoms. The Morgan fingerprint density at radius 2 is 1.62 bits per heavy atom. The van der Waals surface area contributed by atoms with Crippen LogP contribution in [0.2, 0.25) is 0 Å². The average molecular weight is 320 g/mol. The Labute approximate surface area is 141 Å². The van der Waals surface area contributed by atoms with E-state index in [1.54, 1.807) is 7.11 Å². The molecule has 0 saturated heterocycles. The van der Waals surface area contributed by atoms with E-state index in [-0.39, 0.29) is 0 Å². The van der Waals surface area contributed by atoms with Crippen molar-refractivity contribution in [3.8, 4) is 5.75 Å². The zero-order valence-electron chi connectivity index (χ0n) is 14.0. The molecule has 2 aromatic carbocycles. The van der Waals surface area contributed by atoms with E-state index in [4.69, 9.17) is 4.74 Å². The summed E-state index contributed by atoms with van der Waals surface area (Å²) in [5.74, 6) is 2.25. The number of ether oxygens (including phenoxy) is 1. The molecular formula is C19H20N4O. The van der Waals surface area contributed by atoms with Gasteiger partial charge in [-0.15, -0.1) is 0 Å². The average Bonchev–Trinajstić information content (AvgIpc) is 2.59. The number of anilines is 4. The van der Waals surface area contributed by atoms with Gasteiger partial charge in [-0.3, -0.25) is 0 Å². The first-order valence-electron chi connectivity index (χ1n) is 7.72. The van der Waals surface area contributed by atoms with E-state index in [0.29, 0.717) is 5.82 Å². The molecule has 3 aromatic rings. The lowest BCUT2D eigenvalue weighted by atomic mass is 10.1. The van der Waals surface area contributed by atoms with Crippen molar-refractivity contribution in [3.05, 3.63) is 66.0 Å². The number of nitrogens with one attached hydrogen (secondary N) is 2. The van der Waals surface area contributed by atoms with E-state index in [1.807, 2.05) is 42.5 Å². The Kier molecular flexibility index (Phi) is 4.61. The van der Waals surface area contributed by atoms with Gasteiger partial charge in [-0.05, 0) is 43.2 Å². The lowest BCUT2D eigenvalue weighted by Gasteiger charge is -2.12. The van der Waals surface area contributed by atoms with Crippen molar-refractivity contribution in [1.29, 1.82) is 0 Å². The maximum absolute atomic E-state index is 5.23. The third-order valence-corrected chi connectivity index (χ3v) is 3.88. The highest BCUT2D eigenvalue weighted by molar-refractivity contribution is 5.66. The van der Waals surface area contributed by atoms with Gasteiger partial charge in [0, 0.05) is 23.5 Å². The summed E-state index contributed by atoms with van der Waals surface area (Å²) in [6, 6.07) is 15.7. The minimum Gasteiger partial charge on any atom is -0.497 e. The fourth-order valence-corrected chi connectivity index (χ4v) is 2.37. The molecule has 0 unspecified atom stereocenters. The number of hydrogen-bond acceptors (Lipinski definition) is 5. The topological polar surface area (TPSA) is 59.1 Å². The minimum atomic E-state index is 0.714. The zero-order chi connectivity index (χ0) is 16.9. The number of methoxy groups -OCH3 is 1. The first kappa shape index (κ1) is 15.8. The quantitative estimate of drug-likeness (QED) is 0.720. The smallest absolute Gasteiger partial charge is 0.135 e. The van der Waals surface area contributed by atoms with Crippen molar-refractivity contribution in [3.63, 3.8) is 0 Å². The molecule has 5 nitrogen and oxygen atoms in total. The molecule has 2 N–H and O–H groups in total. The van der Waals surface area contributed by atoms with Gasteiger partial charge < -0.3 is 15.4 Å². The second kappa shape index (κ2) is 7.00. The molecule has 0 atom stereocenters. The van der Waals surface area contributed by atoms with Crippen molar-refractivity contribution in [2.45, 2.75) is 13.8 Å². The fourth-order valence-electron chi connectivity index (χ4n) is 2.37. The Balaban J connectivity index is 1.80. The van der Waals surface area contributed by atoms with Gasteiger partial charge in [-0.1, -0.05) is 18.2 Å². The maximum Gasteiger partial charge on any atom is 0.135 e. The largest absolute Gasteiger partial charge is 0.497 e. The van der Waals surface area contributed by atoms with Gasteiger partial charge >= 0.3 is 0 Å². The number of hydrogen-bond donors (Lipinski definition) is 2. The maximum atomic E-state index is 5.23. The molecule has 0 amide bonds. The predicted octanol–water partition coefficient (Wildman–Crippen LogP) is 4.59. The van der Waals surface area contributed by atoms with Crippen LogP contribution in [0, 0.1) is 13.8 Å². The molecule has 122 valence electrons. The molecule has 0 fully saturated rings. The minimum absolute atomic E-state index is 0.714. The van der Waals surface area contributed by atoms with Crippen molar-refractivity contribution in [1.82, 2.24) is 9.97 Å². The molecule has 0 bridgehead atoms. The van der Waals surface area contributed by atoms with Crippen LogP contribution in [0.5, 0.6) is 5.75 Å². The summed E-state index contributed by atoms with van der Waals surface area (Å²) in [6.45, 7) is 4.19. The van der Waals surface area contributed by atoms with Crippen molar-refractivity contribution < 1.29 is 4.74 Å². The second-order valence-electron chi connectivity index (χ2n) is 5.52. The molecule has 1 aromatic heterocycles. The van der Waals surface area contributed by atoms with Crippen molar-refractivity contribution in [2.24, 2.45) is 0 Å². The van der Waals surface area contributed by atoms with Crippen LogP contribution < -0.4 is 15.4 Å². The van der Waals surface area contributed by atoms with Gasteiger partial charge in [0.1, 0.15) is 23.7 Å². The van der Waals surface area contributed by atoms with Crippen molar-refractivity contribution >= 4 is 23.0 Å². The zero-order valence-corrected chi connectivity index (χ0v) is 14.0. The number of aryl methyl sites for hydroxylation is 1. The summed E-state index contributed by atoms with van der Waals surface area (Å²) in [5, 5.41) is 6.61. The second-order valence-corrected chi connectivity index (χ2v) is 5.52. The SMILES string of the molecule is COc1cccc(Nc2cc(Nc3cccc(C)c3C)ncn2)c1. The monoisotopic (exact) mass is 320 g/mol. The molecule has 24 heavy (non-hydrogen) atoms. The van der Waals surface area contributed by atoms with Gasteiger partial charge in [-0.2, -0.15) is 0 Å². The Morgan fingerprint density at radius 3 is 2.42 bits per heavy atom. The summed E-state index contributed by atoms with van der Waals surface area (Å²) >= 11 is 0. The molecule has 0 radical (unpaired) electrons. The van der Waals surface area contributed by atoms with Crippen LogP contribution in [0.4, 0.5) is 23.0 Å². The van der Waals surface area contributed by atoms with Crippen LogP contribution in [0.15, 0.2) is 54.9 Å². The normalized spacial score (nSPS) is 10.3. The highest BCUT2D eigenvalue weighted by Gasteiger charge is 2.04. The van der Waals surface area contributed by atoms with Gasteiger partial charge in [-0.25, -0.2) is 9.97 Å². The van der Waals surface area contributed by atoms with E-state index < -0.39 is 0 Å². The molecule has 3 rings (SSSR count). The molecule has 0 aliphatic heterocycles. The van der Waals surface area contributed by atoms with Crippen LogP contribution in [-0.4, -0.2) is 17.1 Å². The van der Waals surface area contributed by atoms with Gasteiger partial charge in [0.15, 0.2) is 0 Å². The predicted molar refractivity (Wildman–Crippen MR) is 97.5 cm³/mol. The molecule has 1 heterocycles. The van der Waals surface area contributed by atoms with Gasteiger partial charge in [0.2, 0.25) is 0 Å². The lowest BCUT2D eigenvalue weighted by molar-refractivity contribution is 0.415. The summed E-state index contributed by atoms with van der Waals surface area (Å²) in [5.41, 5.74) is 4.40. The number of benzene rings is 2. The molecule has 0 aliphatic rings. The van der Waals surface area contributed by atoms with Gasteiger partial charge in [0.05, 0.1) is 7.11 Å². The van der Waals surface area contributed by atoms with Crippen LogP contribution in [-0.2, 0) is 0 Å². The summed E-state index contributed by atoms with van der Waals surface area (Å²) in [7, 11) is 1.65. The third kappa shape index (κ3) is 3.63. The van der Waals surface area contributed by atoms with E-state index in [0.717, 1.165) is 22.9 Å². The first-order chi connectivity index (χ1) is 11.7. The summed E-state index contributed by atoms with van der Waals surface area (Å²) < 4.78 is 5.23. The molecule has 5 heteroatoms. The van der Waals surface area contributed by atoms with Crippen LogP contribution in [0.3, 0.4) is 0 Å². The highest BCUT2D eigenvalue weighted by atomic mass is 16.5. The molecule has 0 saturated carbocycles. The summed E-state index contributed by atoms with van der Waals surface area (Å²) in [6.07, 6.45) is 1.54. The Hall–Kier alpha value is -3.08. The Bertz CT molecular complexity index is 848. The fraction of sp³-hybridized carbons (Fsp3) is 0.158. The van der Waals surface area contributed by atoms with Gasteiger partial charge in [0.25, 0.3) is 0 Å². The van der Waals surface area contributed by atoms with Crippen LogP contribution >= 0.6 is 0 Å². The molecule has 0 aliphatic carbocycles. The standard InChI is InChI=1S/C19H20N4O/c1-13-6-4-9-17(14(13)2)23-19-11-18(20-12-21-19)22-15-7-5-8-16(10-15)24-3/h4-12H,1-3H3,(H2,20,21,22,23). The third-order valence-electron chi connectivity index (χ3n) is 3.88. The summed E-state index contributed by atoms with van der Waals surface area (Å²) in [4.78, 5) is 8.56. The number of rotatable bonds is 5. The number of nitrogens with zero attached hydrogens (tertiary/aromatic N) is 2. The van der Waals surface area contributed by atoms with E-state index in [9.17, 15) is 0 Å². The van der Waals surface area contributed by atoms with Crippen LogP contribution in [0.25, 0.3) is 0 Å². The van der Waals surface area contributed by atoms with E-state index in [2.05, 4.69) is 40.5 Å². The molecular weight excluding hydrogens is 300 g/mol. The number of aromatic nitrogens is 2. The first-order valence-corrected chi connectivity index (χ1v) is 7.72. The Morgan fingerprint density at radius 1 is 0.875 bits per heavy atom. The highest BCUT2D eigenvalue weighted by Crippen LogP contribution is 2.24. The van der Waals surface area contributed by atoms with E-state index >= 15 is 0 Å². The van der Waals surface area contributed by atoms with Crippen molar-refractivity contribution in [2.75, 3.05) is 17.7 Å². The lowest BCUT2D eigenvalue weighted by Crippen LogP contribution is -2.00. The van der Waals surface area contributed by atoms with Crippen LogP contribution in [0.1, 0.15) is 11.1 Å². The van der Waals surface area contributed by atoms with E-state index in [1.165, 1.54) is 17.5 Å².